The number of aryl methyl sites for hydroxylation is 1. The van der Waals surface area contributed by atoms with Gasteiger partial charge >= 0.3 is 6.03 Å². The van der Waals surface area contributed by atoms with E-state index in [-0.39, 0.29) is 13.0 Å². The summed E-state index contributed by atoms with van der Waals surface area (Å²) in [5.41, 5.74) is 2.68. The van der Waals surface area contributed by atoms with E-state index in [1.165, 1.54) is 19.1 Å². The summed E-state index contributed by atoms with van der Waals surface area (Å²) in [6, 6.07) is 17.9. The van der Waals surface area contributed by atoms with Gasteiger partial charge < -0.3 is 24.4 Å². The third-order valence-corrected chi connectivity index (χ3v) is 6.11. The number of hydrogen-bond donors (Lipinski definition) is 1. The lowest BCUT2D eigenvalue weighted by Crippen LogP contribution is -2.37. The summed E-state index contributed by atoms with van der Waals surface area (Å²) in [5.74, 6) is 0.754. The second-order valence-corrected chi connectivity index (χ2v) is 8.64. The number of carbonyl (C=O) groups is 3. The van der Waals surface area contributed by atoms with Crippen LogP contribution in [0.25, 0.3) is 0 Å². The molecule has 37 heavy (non-hydrogen) atoms. The number of hydrogen-bond acceptors (Lipinski definition) is 6. The highest BCUT2D eigenvalue weighted by atomic mass is 16.5. The van der Waals surface area contributed by atoms with Gasteiger partial charge in [0.25, 0.3) is 5.91 Å². The first-order valence-corrected chi connectivity index (χ1v) is 11.7. The van der Waals surface area contributed by atoms with Gasteiger partial charge in [-0.15, -0.1) is 0 Å². The zero-order valence-electron chi connectivity index (χ0n) is 21.2. The second kappa shape index (κ2) is 11.0. The van der Waals surface area contributed by atoms with E-state index in [0.717, 1.165) is 16.0 Å². The van der Waals surface area contributed by atoms with Crippen molar-refractivity contribution >= 4 is 29.2 Å². The van der Waals surface area contributed by atoms with Crippen molar-refractivity contribution in [2.75, 3.05) is 31.5 Å². The van der Waals surface area contributed by atoms with Crippen LogP contribution in [0, 0.1) is 6.92 Å². The first kappa shape index (κ1) is 25.6. The lowest BCUT2D eigenvalue weighted by Gasteiger charge is -2.22. The number of urea groups is 1. The molecule has 0 radical (unpaired) electrons. The molecule has 0 aliphatic carbocycles. The lowest BCUT2D eigenvalue weighted by atomic mass is 10.1. The van der Waals surface area contributed by atoms with Gasteiger partial charge in [-0.3, -0.25) is 9.59 Å². The molecule has 192 valence electrons. The number of methoxy groups -OCH3 is 3. The third kappa shape index (κ3) is 5.66. The fourth-order valence-electron chi connectivity index (χ4n) is 4.18. The Bertz CT molecular complexity index is 1290. The number of carbonyl (C=O) groups excluding carboxylic acids is 3. The van der Waals surface area contributed by atoms with E-state index in [2.05, 4.69) is 5.32 Å². The first-order chi connectivity index (χ1) is 17.8. The van der Waals surface area contributed by atoms with Gasteiger partial charge in [-0.1, -0.05) is 29.8 Å². The maximum absolute atomic E-state index is 13.5. The molecule has 0 bridgehead atoms. The van der Waals surface area contributed by atoms with Crippen molar-refractivity contribution in [3.8, 4) is 17.2 Å². The summed E-state index contributed by atoms with van der Waals surface area (Å²) in [6.07, 6.45) is -0.226. The van der Waals surface area contributed by atoms with Crippen LogP contribution < -0.4 is 24.4 Å². The highest BCUT2D eigenvalue weighted by molar-refractivity contribution is 6.22. The molecule has 1 atom stereocenters. The smallest absolute Gasteiger partial charge is 0.332 e. The standard InChI is InChI=1S/C28H29N3O6/c1-18-8-10-21(11-9-18)31-27(33)25(30(28(31)34)17-19-6-5-7-22(12-19)35-2)16-26(32)29-20-13-23(36-3)15-24(14-20)37-4/h5-15,25H,16-17H2,1-4H3,(H,29,32). The van der Waals surface area contributed by atoms with Gasteiger partial charge in [0, 0.05) is 30.4 Å². The van der Waals surface area contributed by atoms with Crippen LogP contribution in [0.3, 0.4) is 0 Å². The van der Waals surface area contributed by atoms with Gasteiger partial charge in [0.1, 0.15) is 23.3 Å². The van der Waals surface area contributed by atoms with Crippen LogP contribution in [0.5, 0.6) is 17.2 Å². The molecule has 9 nitrogen and oxygen atoms in total. The van der Waals surface area contributed by atoms with E-state index >= 15 is 0 Å². The second-order valence-electron chi connectivity index (χ2n) is 8.64. The highest BCUT2D eigenvalue weighted by Gasteiger charge is 2.46. The normalized spacial score (nSPS) is 15.1. The van der Waals surface area contributed by atoms with E-state index < -0.39 is 23.9 Å². The Morgan fingerprint density at radius 3 is 2.14 bits per heavy atom. The summed E-state index contributed by atoms with van der Waals surface area (Å²) in [6.45, 7) is 2.06. The highest BCUT2D eigenvalue weighted by Crippen LogP contribution is 2.30. The zero-order chi connectivity index (χ0) is 26.5. The molecule has 4 amide bonds. The number of anilines is 2. The van der Waals surface area contributed by atoms with Crippen LogP contribution in [-0.2, 0) is 16.1 Å². The Labute approximate surface area is 215 Å². The molecule has 0 spiro atoms. The molecule has 9 heteroatoms. The zero-order valence-corrected chi connectivity index (χ0v) is 21.2. The number of benzene rings is 3. The number of nitrogens with zero attached hydrogens (tertiary/aromatic N) is 2. The van der Waals surface area contributed by atoms with Crippen molar-refractivity contribution in [2.24, 2.45) is 0 Å². The van der Waals surface area contributed by atoms with Crippen molar-refractivity contribution in [3.63, 3.8) is 0 Å². The van der Waals surface area contributed by atoms with E-state index in [4.69, 9.17) is 14.2 Å². The minimum atomic E-state index is -0.993. The fourth-order valence-corrected chi connectivity index (χ4v) is 4.18. The largest absolute Gasteiger partial charge is 0.497 e. The summed E-state index contributed by atoms with van der Waals surface area (Å²) in [7, 11) is 4.59. The monoisotopic (exact) mass is 503 g/mol. The molecular weight excluding hydrogens is 474 g/mol. The summed E-state index contributed by atoms with van der Waals surface area (Å²) < 4.78 is 15.8. The molecular formula is C28H29N3O6. The van der Waals surface area contributed by atoms with Gasteiger partial charge in [-0.05, 0) is 36.8 Å². The number of imide groups is 1. The molecule has 3 aromatic carbocycles. The van der Waals surface area contributed by atoms with Crippen LogP contribution in [0.2, 0.25) is 0 Å². The van der Waals surface area contributed by atoms with Crippen molar-refractivity contribution in [1.29, 1.82) is 0 Å². The summed E-state index contributed by atoms with van der Waals surface area (Å²) in [5, 5.41) is 2.79. The van der Waals surface area contributed by atoms with Crippen LogP contribution >= 0.6 is 0 Å². The molecule has 0 aromatic heterocycles. The average molecular weight is 504 g/mol. The predicted molar refractivity (Wildman–Crippen MR) is 139 cm³/mol. The van der Waals surface area contributed by atoms with Gasteiger partial charge in [-0.2, -0.15) is 0 Å². The van der Waals surface area contributed by atoms with E-state index in [1.54, 1.807) is 49.6 Å². The number of amides is 4. The number of rotatable bonds is 9. The molecule has 1 N–H and O–H groups in total. The molecule has 4 rings (SSSR count). The van der Waals surface area contributed by atoms with E-state index in [9.17, 15) is 14.4 Å². The van der Waals surface area contributed by atoms with Gasteiger partial charge in [0.05, 0.1) is 33.4 Å². The third-order valence-electron chi connectivity index (χ3n) is 6.11. The molecule has 1 fully saturated rings. The Morgan fingerprint density at radius 2 is 1.51 bits per heavy atom. The van der Waals surface area contributed by atoms with Crippen LogP contribution in [-0.4, -0.2) is 50.1 Å². The molecule has 1 unspecified atom stereocenters. The minimum Gasteiger partial charge on any atom is -0.497 e. The Balaban J connectivity index is 1.61. The maximum Gasteiger partial charge on any atom is 0.332 e. The molecule has 1 saturated heterocycles. The van der Waals surface area contributed by atoms with Crippen LogP contribution in [0.1, 0.15) is 17.5 Å². The van der Waals surface area contributed by atoms with E-state index in [0.29, 0.717) is 28.6 Å². The van der Waals surface area contributed by atoms with Gasteiger partial charge in [0.15, 0.2) is 0 Å². The van der Waals surface area contributed by atoms with Crippen molar-refractivity contribution in [3.05, 3.63) is 77.9 Å². The average Bonchev–Trinajstić information content (AvgIpc) is 3.12. The van der Waals surface area contributed by atoms with Gasteiger partial charge in [-0.25, -0.2) is 9.69 Å². The topological polar surface area (TPSA) is 97.4 Å². The Morgan fingerprint density at radius 1 is 0.865 bits per heavy atom. The summed E-state index contributed by atoms with van der Waals surface area (Å²) >= 11 is 0. The predicted octanol–water partition coefficient (Wildman–Crippen LogP) is 4.39. The van der Waals surface area contributed by atoms with Crippen LogP contribution in [0.15, 0.2) is 66.7 Å². The quantitative estimate of drug-likeness (QED) is 0.435. The minimum absolute atomic E-state index is 0.134. The van der Waals surface area contributed by atoms with Gasteiger partial charge in [0.2, 0.25) is 5.91 Å². The maximum atomic E-state index is 13.5. The van der Waals surface area contributed by atoms with Crippen molar-refractivity contribution < 1.29 is 28.6 Å². The van der Waals surface area contributed by atoms with Crippen molar-refractivity contribution in [2.45, 2.75) is 25.9 Å². The molecule has 1 heterocycles. The van der Waals surface area contributed by atoms with Crippen LogP contribution in [0.4, 0.5) is 16.2 Å². The molecule has 1 aliphatic rings. The fraction of sp³-hybridized carbons (Fsp3) is 0.250. The van der Waals surface area contributed by atoms with E-state index in [1.807, 2.05) is 31.2 Å². The lowest BCUT2D eigenvalue weighted by molar-refractivity contribution is -0.124. The van der Waals surface area contributed by atoms with Crippen molar-refractivity contribution in [1.82, 2.24) is 4.90 Å². The Hall–Kier alpha value is -4.53. The molecule has 1 aliphatic heterocycles. The SMILES string of the molecule is COc1cccc(CN2C(=O)N(c3ccc(C)cc3)C(=O)C2CC(=O)Nc2cc(OC)cc(OC)c2)c1. The summed E-state index contributed by atoms with van der Waals surface area (Å²) in [4.78, 5) is 42.7. The molecule has 0 saturated carbocycles. The number of ether oxygens (including phenoxy) is 3. The molecule has 3 aromatic rings. The number of nitrogens with one attached hydrogen (secondary N) is 1. The first-order valence-electron chi connectivity index (χ1n) is 11.7. The Kier molecular flexibility index (Phi) is 7.62.